The van der Waals surface area contributed by atoms with Gasteiger partial charge in [0.15, 0.2) is 0 Å². The van der Waals surface area contributed by atoms with Crippen molar-refractivity contribution in [3.63, 3.8) is 0 Å². The normalized spacial score (nSPS) is 13.4. The molecule has 0 fully saturated rings. The van der Waals surface area contributed by atoms with Crippen LogP contribution in [0.5, 0.6) is 5.75 Å². The molecule has 1 amide bonds. The lowest BCUT2D eigenvalue weighted by molar-refractivity contribution is -0.116. The maximum Gasteiger partial charge on any atom is 0.244 e. The summed E-state index contributed by atoms with van der Waals surface area (Å²) in [7, 11) is 1.69. The summed E-state index contributed by atoms with van der Waals surface area (Å²) in [4.78, 5) is 19.8. The highest BCUT2D eigenvalue weighted by Gasteiger charge is 2.11. The lowest BCUT2D eigenvalue weighted by Gasteiger charge is -2.18. The molecular weight excluding hydrogens is 406 g/mol. The van der Waals surface area contributed by atoms with Crippen LogP contribution in [0.2, 0.25) is 0 Å². The average Bonchev–Trinajstić information content (AvgIpc) is 3.15. The number of hydrogen-bond donors (Lipinski definition) is 1. The van der Waals surface area contributed by atoms with Gasteiger partial charge in [-0.25, -0.2) is 4.99 Å². The molecule has 1 aromatic heterocycles. The molecule has 1 aromatic carbocycles. The lowest BCUT2D eigenvalue weighted by atomic mass is 10.0. The fraction of sp³-hybridized carbons (Fsp3) is 0.440. The van der Waals surface area contributed by atoms with Crippen LogP contribution in [-0.4, -0.2) is 43.9 Å². The summed E-state index contributed by atoms with van der Waals surface area (Å²) in [5, 5.41) is 4.28. The van der Waals surface area contributed by atoms with Gasteiger partial charge in [-0.15, -0.1) is 11.3 Å². The number of aliphatic imine (C=N–C) groups is 1. The van der Waals surface area contributed by atoms with Crippen LogP contribution < -0.4 is 10.1 Å². The Morgan fingerprint density at radius 1 is 1.29 bits per heavy atom. The fourth-order valence-corrected chi connectivity index (χ4v) is 4.84. The second kappa shape index (κ2) is 12.3. The molecule has 6 heteroatoms. The van der Waals surface area contributed by atoms with Crippen LogP contribution in [-0.2, 0) is 11.2 Å². The molecule has 0 saturated carbocycles. The molecule has 0 saturated heterocycles. The maximum absolute atomic E-state index is 12.3. The first kappa shape index (κ1) is 23.1. The van der Waals surface area contributed by atoms with E-state index in [1.54, 1.807) is 24.5 Å². The van der Waals surface area contributed by atoms with Gasteiger partial charge >= 0.3 is 0 Å². The Balaban J connectivity index is 1.54. The molecule has 0 spiro atoms. The monoisotopic (exact) mass is 439 g/mol. The van der Waals surface area contributed by atoms with Gasteiger partial charge in [0.1, 0.15) is 5.75 Å². The number of unbranched alkanes of at least 4 members (excludes halogenated alkanes) is 3. The Hall–Kier alpha value is -2.60. The SMILES string of the molecule is CCCCCc1c(C=CC(=O)NCCCCN2C=NC=CC2)sc2cc(OC)ccc12. The number of fused-ring (bicyclic) bond motifs is 1. The highest BCUT2D eigenvalue weighted by molar-refractivity contribution is 7.20. The van der Waals surface area contributed by atoms with Crippen molar-refractivity contribution in [3.05, 3.63) is 47.0 Å². The van der Waals surface area contributed by atoms with Crippen LogP contribution in [0, 0.1) is 0 Å². The van der Waals surface area contributed by atoms with Crippen LogP contribution in [0.25, 0.3) is 16.2 Å². The number of hydrogen-bond acceptors (Lipinski definition) is 5. The number of nitrogens with one attached hydrogen (secondary N) is 1. The Labute approximate surface area is 189 Å². The van der Waals surface area contributed by atoms with Crippen molar-refractivity contribution in [1.82, 2.24) is 10.2 Å². The molecule has 1 aliphatic rings. The average molecular weight is 440 g/mol. The van der Waals surface area contributed by atoms with Crippen LogP contribution >= 0.6 is 11.3 Å². The highest BCUT2D eigenvalue weighted by atomic mass is 32.1. The van der Waals surface area contributed by atoms with E-state index < -0.39 is 0 Å². The third-order valence-electron chi connectivity index (χ3n) is 5.38. The molecule has 0 aliphatic carbocycles. The van der Waals surface area contributed by atoms with Gasteiger partial charge in [0.05, 0.1) is 13.4 Å². The number of carbonyl (C=O) groups excluding carboxylic acids is 1. The van der Waals surface area contributed by atoms with E-state index in [0.717, 1.165) is 38.1 Å². The zero-order chi connectivity index (χ0) is 21.9. The van der Waals surface area contributed by atoms with Crippen LogP contribution in [0.1, 0.15) is 49.5 Å². The molecule has 2 heterocycles. The Kier molecular flexibility index (Phi) is 9.16. The Bertz CT molecular complexity index is 946. The molecule has 5 nitrogen and oxygen atoms in total. The largest absolute Gasteiger partial charge is 0.497 e. The second-order valence-electron chi connectivity index (χ2n) is 7.74. The van der Waals surface area contributed by atoms with Crippen molar-refractivity contribution in [3.8, 4) is 5.75 Å². The van der Waals surface area contributed by atoms with Gasteiger partial charge in [-0.2, -0.15) is 0 Å². The van der Waals surface area contributed by atoms with Crippen molar-refractivity contribution in [1.29, 1.82) is 0 Å². The molecule has 0 radical (unpaired) electrons. The number of nitrogens with zero attached hydrogens (tertiary/aromatic N) is 2. The van der Waals surface area contributed by atoms with Crippen LogP contribution in [0.3, 0.4) is 0 Å². The summed E-state index contributed by atoms with van der Waals surface area (Å²) in [6.45, 7) is 4.79. The van der Waals surface area contributed by atoms with Crippen molar-refractivity contribution < 1.29 is 9.53 Å². The van der Waals surface area contributed by atoms with E-state index in [0.29, 0.717) is 6.54 Å². The molecule has 166 valence electrons. The van der Waals surface area contributed by atoms with E-state index in [1.165, 1.54) is 39.8 Å². The summed E-state index contributed by atoms with van der Waals surface area (Å²) in [5.41, 5.74) is 1.34. The number of benzene rings is 1. The zero-order valence-corrected chi connectivity index (χ0v) is 19.4. The molecule has 1 aliphatic heterocycles. The third-order valence-corrected chi connectivity index (χ3v) is 6.54. The van der Waals surface area contributed by atoms with Crippen LogP contribution in [0.15, 0.2) is 41.5 Å². The number of methoxy groups -OCH3 is 1. The summed E-state index contributed by atoms with van der Waals surface area (Å²) < 4.78 is 6.59. The minimum atomic E-state index is -0.0305. The van der Waals surface area contributed by atoms with E-state index in [9.17, 15) is 4.79 Å². The summed E-state index contributed by atoms with van der Waals surface area (Å²) >= 11 is 1.73. The Morgan fingerprint density at radius 3 is 2.97 bits per heavy atom. The first-order valence-electron chi connectivity index (χ1n) is 11.2. The van der Waals surface area contributed by atoms with Gasteiger partial charge in [0, 0.05) is 41.5 Å². The number of aryl methyl sites for hydroxylation is 1. The van der Waals surface area contributed by atoms with E-state index in [1.807, 2.05) is 30.8 Å². The van der Waals surface area contributed by atoms with Crippen LogP contribution in [0.4, 0.5) is 0 Å². The molecule has 0 unspecified atom stereocenters. The molecule has 3 rings (SSSR count). The number of rotatable bonds is 12. The van der Waals surface area contributed by atoms with Crippen molar-refractivity contribution in [2.75, 3.05) is 26.7 Å². The van der Waals surface area contributed by atoms with E-state index in [2.05, 4.69) is 34.3 Å². The molecule has 31 heavy (non-hydrogen) atoms. The predicted molar refractivity (Wildman–Crippen MR) is 132 cm³/mol. The third kappa shape index (κ3) is 6.96. The summed E-state index contributed by atoms with van der Waals surface area (Å²) in [5.74, 6) is 0.839. The van der Waals surface area contributed by atoms with Gasteiger partial charge in [0.25, 0.3) is 0 Å². The van der Waals surface area contributed by atoms with Gasteiger partial charge in [-0.05, 0) is 67.0 Å². The minimum Gasteiger partial charge on any atom is -0.497 e. The summed E-state index contributed by atoms with van der Waals surface area (Å²) in [6, 6.07) is 6.25. The topological polar surface area (TPSA) is 53.9 Å². The maximum atomic E-state index is 12.3. The summed E-state index contributed by atoms with van der Waals surface area (Å²) in [6.07, 6.45) is 16.0. The van der Waals surface area contributed by atoms with Gasteiger partial charge < -0.3 is 15.0 Å². The van der Waals surface area contributed by atoms with Crippen molar-refractivity contribution in [2.45, 2.75) is 45.4 Å². The van der Waals surface area contributed by atoms with Gasteiger partial charge in [0.2, 0.25) is 5.91 Å². The molecule has 0 bridgehead atoms. The number of carbonyl (C=O) groups is 1. The van der Waals surface area contributed by atoms with Gasteiger partial charge in [-0.3, -0.25) is 4.79 Å². The molecular formula is C25H33N3O2S. The molecule has 2 aromatic rings. The quantitative estimate of drug-likeness (QED) is 0.355. The van der Waals surface area contributed by atoms with E-state index in [4.69, 9.17) is 4.74 Å². The zero-order valence-electron chi connectivity index (χ0n) is 18.6. The van der Waals surface area contributed by atoms with Crippen molar-refractivity contribution in [2.24, 2.45) is 4.99 Å². The number of thiophene rings is 1. The fourth-order valence-electron chi connectivity index (χ4n) is 3.65. The first-order chi connectivity index (χ1) is 15.2. The number of ether oxygens (including phenoxy) is 1. The molecule has 0 atom stereocenters. The van der Waals surface area contributed by atoms with Gasteiger partial charge in [-0.1, -0.05) is 19.8 Å². The smallest absolute Gasteiger partial charge is 0.244 e. The lowest BCUT2D eigenvalue weighted by Crippen LogP contribution is -2.26. The standard InChI is InChI=1S/C25H33N3O2S/c1-3-4-5-9-21-22-11-10-20(30-2)18-24(22)31-23(21)12-13-25(29)27-15-6-7-16-28-17-8-14-26-19-28/h8,10-14,18-19H,3-7,9,15-17H2,1-2H3,(H,27,29). The van der Waals surface area contributed by atoms with E-state index in [-0.39, 0.29) is 5.91 Å². The first-order valence-corrected chi connectivity index (χ1v) is 12.0. The van der Waals surface area contributed by atoms with E-state index >= 15 is 0 Å². The second-order valence-corrected chi connectivity index (χ2v) is 8.82. The predicted octanol–water partition coefficient (Wildman–Crippen LogP) is 5.41. The minimum absolute atomic E-state index is 0.0305. The Morgan fingerprint density at radius 2 is 2.19 bits per heavy atom. The molecule has 1 N–H and O–H groups in total. The number of amides is 1. The highest BCUT2D eigenvalue weighted by Crippen LogP contribution is 2.35. The van der Waals surface area contributed by atoms with Crippen molar-refractivity contribution >= 4 is 39.7 Å².